The van der Waals surface area contributed by atoms with E-state index in [4.69, 9.17) is 9.47 Å². The van der Waals surface area contributed by atoms with Gasteiger partial charge in [-0.05, 0) is 61.0 Å². The maximum absolute atomic E-state index is 14.0. The number of pyridine rings is 1. The summed E-state index contributed by atoms with van der Waals surface area (Å²) >= 11 is 1.50. The van der Waals surface area contributed by atoms with Crippen LogP contribution in [0.2, 0.25) is 0 Å². The number of aromatic amines is 1. The Morgan fingerprint density at radius 2 is 1.85 bits per heavy atom. The van der Waals surface area contributed by atoms with Crippen molar-refractivity contribution in [1.29, 1.82) is 0 Å². The maximum atomic E-state index is 14.0. The van der Waals surface area contributed by atoms with E-state index < -0.39 is 27.9 Å². The van der Waals surface area contributed by atoms with Crippen molar-refractivity contribution < 1.29 is 27.5 Å². The minimum atomic E-state index is -4.23. The highest BCUT2D eigenvalue weighted by Crippen LogP contribution is 2.30. The normalized spacial score (nSPS) is 12.1. The molecule has 2 aromatic heterocycles. The highest BCUT2D eigenvalue weighted by Gasteiger charge is 2.32. The molecule has 0 aliphatic rings. The van der Waals surface area contributed by atoms with Crippen molar-refractivity contribution >= 4 is 44.1 Å². The zero-order valence-corrected chi connectivity index (χ0v) is 24.3. The summed E-state index contributed by atoms with van der Waals surface area (Å²) in [6.07, 6.45) is -0.00877. The van der Waals surface area contributed by atoms with Crippen LogP contribution >= 0.6 is 11.3 Å². The van der Waals surface area contributed by atoms with Gasteiger partial charge in [-0.2, -0.15) is 4.72 Å². The number of esters is 1. The van der Waals surface area contributed by atoms with Gasteiger partial charge in [-0.3, -0.25) is 14.4 Å². The highest BCUT2D eigenvalue weighted by molar-refractivity contribution is 7.89. The van der Waals surface area contributed by atoms with Crippen molar-refractivity contribution in [2.45, 2.75) is 37.8 Å². The molecule has 10 nitrogen and oxygen atoms in total. The number of benzene rings is 2. The highest BCUT2D eigenvalue weighted by atomic mass is 32.2. The van der Waals surface area contributed by atoms with Crippen LogP contribution in [-0.2, 0) is 30.9 Å². The van der Waals surface area contributed by atoms with E-state index in [1.54, 1.807) is 36.1 Å². The van der Waals surface area contributed by atoms with Crippen LogP contribution in [0.1, 0.15) is 36.8 Å². The van der Waals surface area contributed by atoms with Crippen molar-refractivity contribution in [3.63, 3.8) is 0 Å². The van der Waals surface area contributed by atoms with Crippen LogP contribution in [-0.4, -0.2) is 49.9 Å². The first-order valence-corrected chi connectivity index (χ1v) is 15.4. The van der Waals surface area contributed by atoms with Gasteiger partial charge in [0.05, 0.1) is 31.1 Å². The summed E-state index contributed by atoms with van der Waals surface area (Å²) in [5, 5.41) is 2.43. The van der Waals surface area contributed by atoms with E-state index in [2.05, 4.69) is 9.71 Å². The lowest BCUT2D eigenvalue weighted by Gasteiger charge is -2.28. The van der Waals surface area contributed by atoms with Crippen LogP contribution in [0.5, 0.6) is 5.75 Å². The summed E-state index contributed by atoms with van der Waals surface area (Å²) in [5.74, 6) is -0.624. The molecule has 4 rings (SSSR count). The van der Waals surface area contributed by atoms with Crippen LogP contribution in [0.15, 0.2) is 81.8 Å². The Hall–Kier alpha value is -4.00. The summed E-state index contributed by atoms with van der Waals surface area (Å²) in [4.78, 5) is 42.6. The number of hydrogen-bond acceptors (Lipinski definition) is 8. The molecule has 0 radical (unpaired) electrons. The Balaban J connectivity index is 1.70. The Bertz CT molecular complexity index is 1670. The molecule has 0 spiro atoms. The minimum absolute atomic E-state index is 0.00877. The summed E-state index contributed by atoms with van der Waals surface area (Å²) < 4.78 is 40.8. The number of carbonyl (C=O) groups excluding carboxylic acids is 2. The van der Waals surface area contributed by atoms with E-state index in [0.717, 1.165) is 4.88 Å². The van der Waals surface area contributed by atoms with Gasteiger partial charge in [0.15, 0.2) is 0 Å². The van der Waals surface area contributed by atoms with Crippen molar-refractivity contribution in [2.75, 3.05) is 19.8 Å². The number of para-hydroxylation sites is 1. The number of sulfonamides is 1. The second-order valence-corrected chi connectivity index (χ2v) is 11.7. The third-order valence-corrected chi connectivity index (χ3v) is 8.53. The SMILES string of the molecule is CCOC(=O)CCOc1ccccc1[C@@H](NS(=O)(=O)c1ccc2[nH]c(=O)ccc2c1)C(=O)N(CC)Cc1cccs1. The Labute approximate surface area is 242 Å². The van der Waals surface area contributed by atoms with E-state index in [-0.39, 0.29) is 35.8 Å². The Morgan fingerprint density at radius 1 is 1.05 bits per heavy atom. The number of thiophene rings is 1. The minimum Gasteiger partial charge on any atom is -0.493 e. The summed E-state index contributed by atoms with van der Waals surface area (Å²) in [5.41, 5.74) is 0.485. The van der Waals surface area contributed by atoms with Gasteiger partial charge in [-0.1, -0.05) is 24.3 Å². The first-order chi connectivity index (χ1) is 19.7. The van der Waals surface area contributed by atoms with Gasteiger partial charge >= 0.3 is 5.97 Å². The molecule has 0 aliphatic carbocycles. The zero-order chi connectivity index (χ0) is 29.4. The first kappa shape index (κ1) is 30.0. The van der Waals surface area contributed by atoms with Crippen LogP contribution in [0.25, 0.3) is 10.9 Å². The van der Waals surface area contributed by atoms with Crippen molar-refractivity contribution in [2.24, 2.45) is 0 Å². The number of H-pyrrole nitrogens is 1. The fraction of sp³-hybridized carbons (Fsp3) is 0.276. The quantitative estimate of drug-likeness (QED) is 0.223. The number of nitrogens with one attached hydrogen (secondary N) is 2. The van der Waals surface area contributed by atoms with Gasteiger partial charge in [0.2, 0.25) is 21.5 Å². The van der Waals surface area contributed by atoms with E-state index in [1.165, 1.54) is 41.7 Å². The van der Waals surface area contributed by atoms with Gasteiger partial charge in [0.25, 0.3) is 0 Å². The maximum Gasteiger partial charge on any atom is 0.309 e. The second kappa shape index (κ2) is 13.6. The standard InChI is InChI=1S/C29H31N3O7S2/c1-3-32(19-21-8-7-17-40-21)29(35)28(23-9-5-6-10-25(23)39-16-15-27(34)38-4-2)31-41(36,37)22-12-13-24-20(18-22)11-14-26(33)30-24/h5-14,17-18,28,31H,3-4,15-16,19H2,1-2H3,(H,30,33)/t28-/m1/s1. The molecular weight excluding hydrogens is 566 g/mol. The molecular formula is C29H31N3O7S2. The molecule has 2 aromatic carbocycles. The topological polar surface area (TPSA) is 135 Å². The average molecular weight is 598 g/mol. The molecule has 12 heteroatoms. The molecule has 0 unspecified atom stereocenters. The van der Waals surface area contributed by atoms with Crippen molar-refractivity contribution in [3.05, 3.63) is 92.9 Å². The molecule has 41 heavy (non-hydrogen) atoms. The molecule has 0 saturated carbocycles. The fourth-order valence-corrected chi connectivity index (χ4v) is 6.14. The molecule has 1 amide bonds. The molecule has 0 bridgehead atoms. The fourth-order valence-electron chi connectivity index (χ4n) is 4.22. The number of carbonyl (C=O) groups is 2. The lowest BCUT2D eigenvalue weighted by atomic mass is 10.0. The van der Waals surface area contributed by atoms with E-state index >= 15 is 0 Å². The number of rotatable bonds is 13. The summed E-state index contributed by atoms with van der Waals surface area (Å²) in [7, 11) is -4.23. The third-order valence-electron chi connectivity index (χ3n) is 6.24. The molecule has 1 atom stereocenters. The van der Waals surface area contributed by atoms with Crippen LogP contribution < -0.4 is 15.0 Å². The lowest BCUT2D eigenvalue weighted by Crippen LogP contribution is -2.42. The second-order valence-electron chi connectivity index (χ2n) is 9.00. The van der Waals surface area contributed by atoms with E-state index in [1.807, 2.05) is 24.4 Å². The van der Waals surface area contributed by atoms with Gasteiger partial charge in [-0.25, -0.2) is 8.42 Å². The number of hydrogen-bond donors (Lipinski definition) is 2. The van der Waals surface area contributed by atoms with Crippen LogP contribution in [0.4, 0.5) is 0 Å². The third kappa shape index (κ3) is 7.60. The van der Waals surface area contributed by atoms with Crippen LogP contribution in [0.3, 0.4) is 0 Å². The molecule has 216 valence electrons. The molecule has 0 fully saturated rings. The molecule has 2 heterocycles. The van der Waals surface area contributed by atoms with Crippen molar-refractivity contribution in [1.82, 2.24) is 14.6 Å². The first-order valence-electron chi connectivity index (χ1n) is 13.1. The molecule has 2 N–H and O–H groups in total. The van der Waals surface area contributed by atoms with E-state index in [0.29, 0.717) is 29.6 Å². The monoisotopic (exact) mass is 597 g/mol. The predicted molar refractivity (Wildman–Crippen MR) is 156 cm³/mol. The summed E-state index contributed by atoms with van der Waals surface area (Å²) in [6.45, 7) is 4.41. The summed E-state index contributed by atoms with van der Waals surface area (Å²) in [6, 6.07) is 16.2. The van der Waals surface area contributed by atoms with Gasteiger partial charge < -0.3 is 19.4 Å². The van der Waals surface area contributed by atoms with Gasteiger partial charge in [0, 0.05) is 28.6 Å². The Morgan fingerprint density at radius 3 is 2.59 bits per heavy atom. The smallest absolute Gasteiger partial charge is 0.309 e. The number of nitrogens with zero attached hydrogens (tertiary/aromatic N) is 1. The van der Waals surface area contributed by atoms with Crippen molar-refractivity contribution in [3.8, 4) is 5.75 Å². The van der Waals surface area contributed by atoms with Gasteiger partial charge in [-0.15, -0.1) is 11.3 Å². The van der Waals surface area contributed by atoms with E-state index in [9.17, 15) is 22.8 Å². The largest absolute Gasteiger partial charge is 0.493 e. The number of amides is 1. The molecule has 0 aliphatic heterocycles. The Kier molecular flexibility index (Phi) is 9.92. The number of aromatic nitrogens is 1. The molecule has 0 saturated heterocycles. The number of fused-ring (bicyclic) bond motifs is 1. The zero-order valence-electron chi connectivity index (χ0n) is 22.7. The van der Waals surface area contributed by atoms with Crippen LogP contribution in [0, 0.1) is 0 Å². The predicted octanol–water partition coefficient (Wildman–Crippen LogP) is 3.99. The molecule has 4 aromatic rings. The number of ether oxygens (including phenoxy) is 2. The lowest BCUT2D eigenvalue weighted by molar-refractivity contribution is -0.143. The number of likely N-dealkylation sites (N-methyl/N-ethyl adjacent to an activating group) is 1. The van der Waals surface area contributed by atoms with Gasteiger partial charge in [0.1, 0.15) is 11.8 Å². The average Bonchev–Trinajstić information content (AvgIpc) is 3.48.